The van der Waals surface area contributed by atoms with Crippen LogP contribution in [0.5, 0.6) is 0 Å². The number of benzene rings is 5. The average Bonchev–Trinajstić information content (AvgIpc) is 3.12. The van der Waals surface area contributed by atoms with Gasteiger partial charge in [-0.25, -0.2) is 0 Å². The van der Waals surface area contributed by atoms with Crippen LogP contribution < -0.4 is 20.2 Å². The van der Waals surface area contributed by atoms with Crippen molar-refractivity contribution in [2.45, 2.75) is 64.2 Å². The minimum absolute atomic E-state index is 0.0627. The second-order valence-electron chi connectivity index (χ2n) is 16.1. The second-order valence-corrected chi connectivity index (χ2v) is 26.3. The predicted octanol–water partition coefficient (Wildman–Crippen LogP) is 11.6. The van der Waals surface area contributed by atoms with Crippen LogP contribution in [0.2, 0.25) is 39.3 Å². The van der Waals surface area contributed by atoms with Gasteiger partial charge in [-0.3, -0.25) is 0 Å². The van der Waals surface area contributed by atoms with Gasteiger partial charge in [-0.2, -0.15) is 0 Å². The molecular weight excluding hydrogens is 637 g/mol. The normalized spacial score (nSPS) is 17.9. The monoisotopic (exact) mass is 684 g/mol. The van der Waals surface area contributed by atoms with Crippen LogP contribution in [0.1, 0.15) is 47.2 Å². The first-order valence-corrected chi connectivity index (χ1v) is 25.2. The van der Waals surface area contributed by atoms with Crippen molar-refractivity contribution in [3.8, 4) is 0 Å². The number of rotatable bonds is 8. The fourth-order valence-electron chi connectivity index (χ4n) is 8.02. The van der Waals surface area contributed by atoms with Gasteiger partial charge in [0.05, 0.1) is 28.2 Å². The summed E-state index contributed by atoms with van der Waals surface area (Å²) in [6, 6.07) is 39.5. The molecule has 0 N–H and O–H groups in total. The van der Waals surface area contributed by atoms with Gasteiger partial charge in [0, 0.05) is 22.8 Å². The molecule has 2 unspecified atom stereocenters. The molecule has 3 aliphatic carbocycles. The van der Waals surface area contributed by atoms with E-state index >= 15 is 0 Å². The Morgan fingerprint density at radius 3 is 1.48 bits per heavy atom. The fraction of sp³-hybridized carbons (Fsp3) is 0.217. The Bertz CT molecular complexity index is 2180. The van der Waals surface area contributed by atoms with Gasteiger partial charge >= 0.3 is 0 Å². The van der Waals surface area contributed by atoms with E-state index in [1.165, 1.54) is 66.2 Å². The zero-order valence-electron chi connectivity index (χ0n) is 30.3. The van der Waals surface area contributed by atoms with Crippen LogP contribution in [-0.4, -0.2) is 16.1 Å². The Morgan fingerprint density at radius 2 is 1.00 bits per heavy atom. The van der Waals surface area contributed by atoms with Crippen molar-refractivity contribution in [2.75, 3.05) is 9.80 Å². The van der Waals surface area contributed by atoms with E-state index in [4.69, 9.17) is 0 Å². The lowest BCUT2D eigenvalue weighted by Crippen LogP contribution is -2.37. The van der Waals surface area contributed by atoms with Crippen LogP contribution in [0.25, 0.3) is 22.9 Å². The minimum atomic E-state index is -1.42. The van der Waals surface area contributed by atoms with Crippen molar-refractivity contribution >= 4 is 66.5 Å². The van der Waals surface area contributed by atoms with E-state index in [1.807, 2.05) is 0 Å². The quantitative estimate of drug-likeness (QED) is 0.150. The highest BCUT2D eigenvalue weighted by Gasteiger charge is 2.32. The Hall–Kier alpha value is -4.65. The number of anilines is 3. The van der Waals surface area contributed by atoms with Gasteiger partial charge in [-0.05, 0) is 88.3 Å². The lowest BCUT2D eigenvalue weighted by atomic mass is 9.81. The number of allylic oxidation sites excluding steroid dienone is 4. The lowest BCUT2D eigenvalue weighted by Gasteiger charge is -2.39. The molecule has 2 nitrogen and oxygen atoms in total. The predicted molar refractivity (Wildman–Crippen MR) is 224 cm³/mol. The topological polar surface area (TPSA) is 6.48 Å². The zero-order chi connectivity index (χ0) is 34.6. The van der Waals surface area contributed by atoms with Gasteiger partial charge in [0.2, 0.25) is 0 Å². The van der Waals surface area contributed by atoms with E-state index in [0.717, 1.165) is 12.8 Å². The summed E-state index contributed by atoms with van der Waals surface area (Å²) >= 11 is 0. The molecule has 5 aromatic rings. The van der Waals surface area contributed by atoms with Crippen LogP contribution in [0.4, 0.5) is 17.1 Å². The summed E-state index contributed by atoms with van der Waals surface area (Å²) in [4.78, 5) is 5.13. The molecule has 250 valence electrons. The third-order valence-electron chi connectivity index (χ3n) is 10.8. The zero-order valence-corrected chi connectivity index (χ0v) is 32.3. The van der Waals surface area contributed by atoms with Crippen LogP contribution >= 0.6 is 0 Å². The van der Waals surface area contributed by atoms with E-state index in [-0.39, 0.29) is 12.1 Å². The molecule has 50 heavy (non-hydrogen) atoms. The van der Waals surface area contributed by atoms with Crippen LogP contribution in [0.3, 0.4) is 0 Å². The Balaban J connectivity index is 1.27. The lowest BCUT2D eigenvalue weighted by molar-refractivity contribution is 0.762. The van der Waals surface area contributed by atoms with Gasteiger partial charge in [0.25, 0.3) is 0 Å². The van der Waals surface area contributed by atoms with Gasteiger partial charge in [0.15, 0.2) is 0 Å². The van der Waals surface area contributed by atoms with E-state index < -0.39 is 16.1 Å². The maximum absolute atomic E-state index is 2.60. The molecule has 0 bridgehead atoms. The van der Waals surface area contributed by atoms with E-state index in [1.54, 1.807) is 0 Å². The molecule has 0 spiro atoms. The van der Waals surface area contributed by atoms with Crippen molar-refractivity contribution in [1.82, 2.24) is 0 Å². The number of hydrogen-bond donors (Lipinski definition) is 0. The molecule has 0 amide bonds. The second kappa shape index (κ2) is 12.6. The molecule has 2 atom stereocenters. The molecule has 0 aromatic heterocycles. The van der Waals surface area contributed by atoms with Crippen molar-refractivity contribution in [3.63, 3.8) is 0 Å². The number of nitrogens with zero attached hydrogens (tertiary/aromatic N) is 2. The molecule has 0 aliphatic heterocycles. The summed E-state index contributed by atoms with van der Waals surface area (Å²) < 4.78 is 0. The minimum Gasteiger partial charge on any atom is -0.334 e. The maximum atomic E-state index is 2.60. The molecule has 0 saturated heterocycles. The molecular formula is C46H48N2Si2. The largest absolute Gasteiger partial charge is 0.334 e. The molecule has 8 rings (SSSR count). The third kappa shape index (κ3) is 5.84. The Labute approximate surface area is 300 Å². The molecule has 5 aromatic carbocycles. The summed E-state index contributed by atoms with van der Waals surface area (Å²) in [5.74, 6) is 0. The highest BCUT2D eigenvalue weighted by molar-refractivity contribution is 6.89. The summed E-state index contributed by atoms with van der Waals surface area (Å²) in [6.45, 7) is 14.5. The maximum Gasteiger partial charge on any atom is 0.0785 e. The van der Waals surface area contributed by atoms with Crippen LogP contribution in [0, 0.1) is 0 Å². The van der Waals surface area contributed by atoms with Gasteiger partial charge in [0.1, 0.15) is 0 Å². The fourth-order valence-corrected chi connectivity index (χ4v) is 10.4. The average molecular weight is 685 g/mol. The van der Waals surface area contributed by atoms with Gasteiger partial charge in [-0.15, -0.1) is 0 Å². The van der Waals surface area contributed by atoms with Crippen LogP contribution in [-0.2, 0) is 0 Å². The van der Waals surface area contributed by atoms with Crippen LogP contribution in [0.15, 0.2) is 139 Å². The molecule has 0 fully saturated rings. The molecule has 4 heteroatoms. The van der Waals surface area contributed by atoms with E-state index in [0.29, 0.717) is 0 Å². The van der Waals surface area contributed by atoms with Gasteiger partial charge in [-0.1, -0.05) is 153 Å². The Morgan fingerprint density at radius 1 is 0.520 bits per heavy atom. The standard InChI is InChI=1S/C46H48N2Si2/c1-49(2,3)39-25-21-37(22-26-39)47(35-13-9-7-10-14-35)43-31-19-33-18-30-42-44(32-20-34-17-29-41(43)45(33)46(34)42)48(36-15-11-8-12-16-36)38-23-27-40(28-24-38)50(4,5)6/h7-11,13-15,17-32,43-44H,12,16H2,1-6H3. The third-order valence-corrected chi connectivity index (χ3v) is 14.9. The Kier molecular flexibility index (Phi) is 8.20. The molecule has 0 heterocycles. The van der Waals surface area contributed by atoms with Crippen molar-refractivity contribution < 1.29 is 0 Å². The SMILES string of the molecule is C[Si](C)(C)c1ccc(N(C2=CC=CCC2)C2C=Cc3ccc4c5c(ccc2c35)C=CC4N(c2ccccc2)c2ccc([Si](C)(C)C)cc2)cc1. The van der Waals surface area contributed by atoms with Gasteiger partial charge < -0.3 is 9.80 Å². The van der Waals surface area contributed by atoms with Crippen molar-refractivity contribution in [2.24, 2.45) is 0 Å². The summed E-state index contributed by atoms with van der Waals surface area (Å²) in [6.07, 6.45) is 18.5. The smallest absolute Gasteiger partial charge is 0.0785 e. The van der Waals surface area contributed by atoms with Crippen molar-refractivity contribution in [3.05, 3.63) is 161 Å². The summed E-state index contributed by atoms with van der Waals surface area (Å²) in [7, 11) is -2.83. The molecule has 0 saturated carbocycles. The highest BCUT2D eigenvalue weighted by Crippen LogP contribution is 2.48. The summed E-state index contributed by atoms with van der Waals surface area (Å²) in [5, 5.41) is 5.75. The van der Waals surface area contributed by atoms with Crippen molar-refractivity contribution in [1.29, 1.82) is 0 Å². The molecule has 0 radical (unpaired) electrons. The van der Waals surface area contributed by atoms with E-state index in [9.17, 15) is 0 Å². The first-order chi connectivity index (χ1) is 24.1. The summed E-state index contributed by atoms with van der Waals surface area (Å²) in [5.41, 5.74) is 10.4. The number of hydrogen-bond acceptors (Lipinski definition) is 2. The van der Waals surface area contributed by atoms with E-state index in [2.05, 4.69) is 195 Å². The number of para-hydroxylation sites is 1. The first-order valence-electron chi connectivity index (χ1n) is 18.2. The first kappa shape index (κ1) is 32.6. The molecule has 3 aliphatic rings. The highest BCUT2D eigenvalue weighted by atomic mass is 28.3.